The molecule has 0 aliphatic heterocycles. The Hall–Kier alpha value is -2.87. The molecule has 1 atom stereocenters. The second-order valence-electron chi connectivity index (χ2n) is 6.76. The second kappa shape index (κ2) is 8.02. The molecule has 0 bridgehead atoms. The Bertz CT molecular complexity index is 956. The van der Waals surface area contributed by atoms with Gasteiger partial charge in [-0.3, -0.25) is 0 Å². The standard InChI is InChI=1S/C20H21NO6S/c1-28(25,26)11-10-18(19(22)23)21-20(24)27-12-17-15-8-4-2-6-13(15)14-7-3-5-9-16(14)17/h2-9,17-18H,10-12H2,1H3,(H,21,24)(H,22,23)/p-1/t18-/m0/s1. The van der Waals surface area contributed by atoms with Gasteiger partial charge in [-0.05, 0) is 28.7 Å². The number of hydrogen-bond donors (Lipinski definition) is 1. The Labute approximate surface area is 163 Å². The van der Waals surface area contributed by atoms with Crippen molar-refractivity contribution in [2.24, 2.45) is 0 Å². The van der Waals surface area contributed by atoms with Gasteiger partial charge in [0.25, 0.3) is 0 Å². The summed E-state index contributed by atoms with van der Waals surface area (Å²) in [7, 11) is -3.36. The SMILES string of the molecule is CS(=O)(=O)CC[C@H](NC(=O)OCC1c2ccccc2-c2ccccc21)C(=O)[O-]. The Kier molecular flexibility index (Phi) is 5.69. The zero-order chi connectivity index (χ0) is 20.3. The third-order valence-electron chi connectivity index (χ3n) is 4.70. The van der Waals surface area contributed by atoms with E-state index in [4.69, 9.17) is 4.74 Å². The van der Waals surface area contributed by atoms with Crippen molar-refractivity contribution in [3.05, 3.63) is 59.7 Å². The van der Waals surface area contributed by atoms with E-state index in [0.29, 0.717) is 0 Å². The smallest absolute Gasteiger partial charge is 0.407 e. The molecule has 0 radical (unpaired) electrons. The first-order chi connectivity index (χ1) is 13.3. The van der Waals surface area contributed by atoms with Crippen molar-refractivity contribution in [2.45, 2.75) is 18.4 Å². The third-order valence-corrected chi connectivity index (χ3v) is 5.67. The lowest BCUT2D eigenvalue weighted by Gasteiger charge is -2.20. The van der Waals surface area contributed by atoms with Gasteiger partial charge in [0.1, 0.15) is 16.4 Å². The van der Waals surface area contributed by atoms with E-state index >= 15 is 0 Å². The molecule has 0 aromatic heterocycles. The minimum atomic E-state index is -3.36. The minimum Gasteiger partial charge on any atom is -0.548 e. The van der Waals surface area contributed by atoms with Crippen molar-refractivity contribution in [1.29, 1.82) is 0 Å². The number of hydrogen-bond acceptors (Lipinski definition) is 6. The average molecular weight is 402 g/mol. The number of rotatable bonds is 7. The fraction of sp³-hybridized carbons (Fsp3) is 0.300. The zero-order valence-electron chi connectivity index (χ0n) is 15.3. The molecule has 1 aliphatic rings. The van der Waals surface area contributed by atoms with Gasteiger partial charge in [-0.25, -0.2) is 13.2 Å². The van der Waals surface area contributed by atoms with E-state index in [2.05, 4.69) is 5.32 Å². The minimum absolute atomic E-state index is 0.0334. The molecule has 1 N–H and O–H groups in total. The predicted molar refractivity (Wildman–Crippen MR) is 101 cm³/mol. The number of carboxylic acid groups (broad SMARTS) is 1. The van der Waals surface area contributed by atoms with Crippen molar-refractivity contribution < 1.29 is 27.9 Å². The quantitative estimate of drug-likeness (QED) is 0.742. The first-order valence-corrected chi connectivity index (χ1v) is 10.8. The summed E-state index contributed by atoms with van der Waals surface area (Å²) in [6.45, 7) is 0.0334. The van der Waals surface area contributed by atoms with Gasteiger partial charge >= 0.3 is 6.09 Å². The number of fused-ring (bicyclic) bond motifs is 3. The largest absolute Gasteiger partial charge is 0.548 e. The zero-order valence-corrected chi connectivity index (χ0v) is 16.1. The number of nitrogens with one attached hydrogen (secondary N) is 1. The maximum absolute atomic E-state index is 12.1. The number of benzene rings is 2. The number of carbonyl (C=O) groups excluding carboxylic acids is 2. The van der Waals surface area contributed by atoms with Crippen molar-refractivity contribution in [3.8, 4) is 11.1 Å². The van der Waals surface area contributed by atoms with E-state index in [1.807, 2.05) is 48.5 Å². The highest BCUT2D eigenvalue weighted by Gasteiger charge is 2.29. The number of ether oxygens (including phenoxy) is 1. The van der Waals surface area contributed by atoms with Gasteiger partial charge in [-0.15, -0.1) is 0 Å². The number of alkyl carbamates (subject to hydrolysis) is 1. The van der Waals surface area contributed by atoms with Crippen LogP contribution in [0.15, 0.2) is 48.5 Å². The van der Waals surface area contributed by atoms with Crippen LogP contribution in [-0.4, -0.2) is 45.1 Å². The topological polar surface area (TPSA) is 113 Å². The normalized spacial score (nSPS) is 14.0. The van der Waals surface area contributed by atoms with E-state index in [1.54, 1.807) is 0 Å². The highest BCUT2D eigenvalue weighted by atomic mass is 32.2. The van der Waals surface area contributed by atoms with Crippen LogP contribution in [0, 0.1) is 0 Å². The Morgan fingerprint density at radius 2 is 1.61 bits per heavy atom. The van der Waals surface area contributed by atoms with Crippen LogP contribution in [0.2, 0.25) is 0 Å². The fourth-order valence-corrected chi connectivity index (χ4v) is 4.03. The highest BCUT2D eigenvalue weighted by molar-refractivity contribution is 7.90. The number of aliphatic carboxylic acids is 1. The lowest BCUT2D eigenvalue weighted by atomic mass is 9.98. The molecule has 28 heavy (non-hydrogen) atoms. The molecule has 0 saturated heterocycles. The molecular weight excluding hydrogens is 382 g/mol. The average Bonchev–Trinajstić information content (AvgIpc) is 2.96. The van der Waals surface area contributed by atoms with Crippen LogP contribution in [0.3, 0.4) is 0 Å². The molecule has 2 aromatic carbocycles. The molecule has 8 heteroatoms. The molecule has 7 nitrogen and oxygen atoms in total. The summed E-state index contributed by atoms with van der Waals surface area (Å²) >= 11 is 0. The van der Waals surface area contributed by atoms with Gasteiger partial charge in [-0.1, -0.05) is 48.5 Å². The highest BCUT2D eigenvalue weighted by Crippen LogP contribution is 2.44. The van der Waals surface area contributed by atoms with Crippen LogP contribution in [0.25, 0.3) is 11.1 Å². The van der Waals surface area contributed by atoms with Gasteiger partial charge in [-0.2, -0.15) is 0 Å². The lowest BCUT2D eigenvalue weighted by molar-refractivity contribution is -0.308. The third kappa shape index (κ3) is 4.51. The Morgan fingerprint density at radius 3 is 2.11 bits per heavy atom. The van der Waals surface area contributed by atoms with E-state index in [0.717, 1.165) is 28.5 Å². The number of carboxylic acids is 1. The Morgan fingerprint density at radius 1 is 1.07 bits per heavy atom. The van der Waals surface area contributed by atoms with Gasteiger partial charge < -0.3 is 20.0 Å². The monoisotopic (exact) mass is 402 g/mol. The first kappa shape index (κ1) is 19.9. The molecule has 1 aliphatic carbocycles. The van der Waals surface area contributed by atoms with E-state index in [1.165, 1.54) is 0 Å². The second-order valence-corrected chi connectivity index (χ2v) is 9.02. The van der Waals surface area contributed by atoms with Crippen molar-refractivity contribution in [1.82, 2.24) is 5.32 Å². The Balaban J connectivity index is 1.66. The summed E-state index contributed by atoms with van der Waals surface area (Å²) in [5, 5.41) is 13.3. The number of sulfone groups is 1. The lowest BCUT2D eigenvalue weighted by Crippen LogP contribution is -2.49. The molecule has 0 heterocycles. The predicted octanol–water partition coefficient (Wildman–Crippen LogP) is 1.08. The van der Waals surface area contributed by atoms with E-state index in [-0.39, 0.29) is 24.7 Å². The maximum Gasteiger partial charge on any atom is 0.407 e. The van der Waals surface area contributed by atoms with Gasteiger partial charge in [0.05, 0.1) is 17.8 Å². The fourth-order valence-electron chi connectivity index (χ4n) is 3.36. The summed E-state index contributed by atoms with van der Waals surface area (Å²) in [5.41, 5.74) is 4.22. The van der Waals surface area contributed by atoms with Crippen molar-refractivity contribution in [2.75, 3.05) is 18.6 Å². The summed E-state index contributed by atoms with van der Waals surface area (Å²) < 4.78 is 27.7. The van der Waals surface area contributed by atoms with Gasteiger partial charge in [0.2, 0.25) is 0 Å². The van der Waals surface area contributed by atoms with E-state index < -0.39 is 27.9 Å². The molecule has 0 fully saturated rings. The summed E-state index contributed by atoms with van der Waals surface area (Å²) in [4.78, 5) is 23.3. The van der Waals surface area contributed by atoms with Crippen LogP contribution in [0.1, 0.15) is 23.5 Å². The van der Waals surface area contributed by atoms with Crippen LogP contribution in [-0.2, 0) is 19.4 Å². The molecular formula is C20H20NO6S-. The van der Waals surface area contributed by atoms with E-state index in [9.17, 15) is 23.1 Å². The van der Waals surface area contributed by atoms with Gasteiger partial charge in [0.15, 0.2) is 0 Å². The number of carbonyl (C=O) groups is 2. The molecule has 1 amide bonds. The summed E-state index contributed by atoms with van der Waals surface area (Å²) in [5.74, 6) is -2.09. The molecule has 0 spiro atoms. The van der Waals surface area contributed by atoms with Gasteiger partial charge in [0, 0.05) is 12.2 Å². The van der Waals surface area contributed by atoms with Crippen LogP contribution < -0.4 is 10.4 Å². The maximum atomic E-state index is 12.1. The number of amides is 1. The molecule has 0 unspecified atom stereocenters. The van der Waals surface area contributed by atoms with Crippen LogP contribution in [0.4, 0.5) is 4.79 Å². The van der Waals surface area contributed by atoms with Crippen LogP contribution in [0.5, 0.6) is 0 Å². The summed E-state index contributed by atoms with van der Waals surface area (Å²) in [6, 6.07) is 14.2. The van der Waals surface area contributed by atoms with Crippen LogP contribution >= 0.6 is 0 Å². The van der Waals surface area contributed by atoms with Crippen molar-refractivity contribution in [3.63, 3.8) is 0 Å². The molecule has 2 aromatic rings. The molecule has 3 rings (SSSR count). The summed E-state index contributed by atoms with van der Waals surface area (Å²) in [6.07, 6.45) is -0.220. The first-order valence-electron chi connectivity index (χ1n) is 8.76. The molecule has 148 valence electrons. The molecule has 0 saturated carbocycles. The van der Waals surface area contributed by atoms with Crippen molar-refractivity contribution >= 4 is 21.9 Å².